The van der Waals surface area contributed by atoms with Crippen molar-refractivity contribution in [1.29, 1.82) is 0 Å². The second-order valence-corrected chi connectivity index (χ2v) is 5.14. The minimum atomic E-state index is 0.0607. The first-order valence-electron chi connectivity index (χ1n) is 6.55. The Morgan fingerprint density at radius 3 is 2.56 bits per heavy atom. The summed E-state index contributed by atoms with van der Waals surface area (Å²) in [6.07, 6.45) is 1.99. The zero-order valence-electron chi connectivity index (χ0n) is 12.2. The van der Waals surface area contributed by atoms with Crippen LogP contribution in [0.25, 0.3) is 0 Å². The maximum absolute atomic E-state index is 5.87. The molecule has 0 aliphatic rings. The number of nitrogens with zero attached hydrogens (tertiary/aromatic N) is 2. The van der Waals surface area contributed by atoms with Gasteiger partial charge in [0.05, 0.1) is 12.3 Å². The molecule has 0 saturated heterocycles. The largest absolute Gasteiger partial charge is 0.476 e. The number of hydrogen-bond acceptors (Lipinski definition) is 4. The van der Waals surface area contributed by atoms with E-state index in [1.807, 2.05) is 19.2 Å². The van der Waals surface area contributed by atoms with Crippen LogP contribution >= 0.6 is 0 Å². The van der Waals surface area contributed by atoms with E-state index in [9.17, 15) is 0 Å². The van der Waals surface area contributed by atoms with Crippen LogP contribution in [0.3, 0.4) is 0 Å². The highest BCUT2D eigenvalue weighted by Crippen LogP contribution is 2.27. The van der Waals surface area contributed by atoms with Crippen molar-refractivity contribution in [2.45, 2.75) is 46.1 Å². The lowest BCUT2D eigenvalue weighted by atomic mass is 10.00. The minimum Gasteiger partial charge on any atom is -0.476 e. The minimum absolute atomic E-state index is 0.0607. The number of nitrogen functional groups attached to an aromatic ring is 1. The molecule has 2 N–H and O–H groups in total. The van der Waals surface area contributed by atoms with Crippen LogP contribution in [0.1, 0.15) is 40.5 Å². The third kappa shape index (κ3) is 3.28. The van der Waals surface area contributed by atoms with Crippen LogP contribution in [0, 0.1) is 0 Å². The van der Waals surface area contributed by atoms with Crippen LogP contribution in [0.5, 0.6) is 5.88 Å². The summed E-state index contributed by atoms with van der Waals surface area (Å²) in [5.41, 5.74) is 6.52. The molecular formula is C14H25N3O. The van der Waals surface area contributed by atoms with Crippen LogP contribution in [0.4, 0.5) is 11.5 Å². The summed E-state index contributed by atoms with van der Waals surface area (Å²) in [7, 11) is 2.05. The Labute approximate surface area is 110 Å². The van der Waals surface area contributed by atoms with Gasteiger partial charge in [0.2, 0.25) is 5.88 Å². The lowest BCUT2D eigenvalue weighted by molar-refractivity contribution is 0.307. The second kappa shape index (κ2) is 5.94. The third-order valence-electron chi connectivity index (χ3n) is 3.43. The second-order valence-electron chi connectivity index (χ2n) is 5.14. The number of ether oxygens (including phenoxy) is 1. The van der Waals surface area contributed by atoms with Gasteiger partial charge in [-0.05, 0) is 38.8 Å². The van der Waals surface area contributed by atoms with Crippen LogP contribution in [0.2, 0.25) is 0 Å². The van der Waals surface area contributed by atoms with Gasteiger partial charge in [-0.2, -0.15) is 4.98 Å². The fraction of sp³-hybridized carbons (Fsp3) is 0.643. The lowest BCUT2D eigenvalue weighted by Crippen LogP contribution is -2.41. The Balaban J connectivity index is 2.97. The molecule has 0 bridgehead atoms. The van der Waals surface area contributed by atoms with Gasteiger partial charge in [0, 0.05) is 12.6 Å². The van der Waals surface area contributed by atoms with Crippen LogP contribution in [0.15, 0.2) is 12.1 Å². The molecular weight excluding hydrogens is 226 g/mol. The number of aromatic nitrogens is 1. The Morgan fingerprint density at radius 2 is 2.00 bits per heavy atom. The highest BCUT2D eigenvalue weighted by atomic mass is 16.5. The summed E-state index contributed by atoms with van der Waals surface area (Å²) in [6, 6.07) is 3.79. The molecule has 18 heavy (non-hydrogen) atoms. The highest BCUT2D eigenvalue weighted by Gasteiger charge is 2.23. The quantitative estimate of drug-likeness (QED) is 0.844. The van der Waals surface area contributed by atoms with E-state index in [1.54, 1.807) is 0 Å². The normalized spacial score (nSPS) is 11.4. The first-order valence-corrected chi connectivity index (χ1v) is 6.55. The van der Waals surface area contributed by atoms with Crippen molar-refractivity contribution in [2.75, 3.05) is 24.3 Å². The summed E-state index contributed by atoms with van der Waals surface area (Å²) < 4.78 is 5.56. The number of nitrogens with two attached hydrogens (primary N) is 1. The van der Waals surface area contributed by atoms with Crippen molar-refractivity contribution < 1.29 is 4.74 Å². The molecule has 1 rings (SSSR count). The van der Waals surface area contributed by atoms with Gasteiger partial charge in [0.1, 0.15) is 5.82 Å². The van der Waals surface area contributed by atoms with Crippen molar-refractivity contribution in [3.05, 3.63) is 12.1 Å². The molecule has 0 aromatic carbocycles. The molecule has 1 aromatic rings. The molecule has 102 valence electrons. The van der Waals surface area contributed by atoms with E-state index >= 15 is 0 Å². The zero-order valence-corrected chi connectivity index (χ0v) is 12.2. The Kier molecular flexibility index (Phi) is 4.82. The van der Waals surface area contributed by atoms with E-state index in [0.717, 1.165) is 18.7 Å². The number of rotatable bonds is 6. The molecule has 0 radical (unpaired) electrons. The van der Waals surface area contributed by atoms with Crippen LogP contribution < -0.4 is 15.4 Å². The molecule has 0 fully saturated rings. The predicted molar refractivity (Wildman–Crippen MR) is 77.2 cm³/mol. The van der Waals surface area contributed by atoms with Gasteiger partial charge in [-0.15, -0.1) is 0 Å². The first-order chi connectivity index (χ1) is 8.42. The average Bonchev–Trinajstić information content (AvgIpc) is 2.37. The Morgan fingerprint density at radius 1 is 1.33 bits per heavy atom. The van der Waals surface area contributed by atoms with Crippen molar-refractivity contribution in [3.63, 3.8) is 0 Å². The van der Waals surface area contributed by atoms with E-state index in [-0.39, 0.29) is 5.54 Å². The SMILES string of the molecule is CCCOc1nc(N(C)C(C)(C)CC)ccc1N. The molecule has 0 saturated carbocycles. The Hall–Kier alpha value is -1.45. The highest BCUT2D eigenvalue weighted by molar-refractivity contribution is 5.55. The first kappa shape index (κ1) is 14.6. The smallest absolute Gasteiger partial charge is 0.239 e. The topological polar surface area (TPSA) is 51.4 Å². The van der Waals surface area contributed by atoms with Crippen LogP contribution in [-0.4, -0.2) is 24.2 Å². The molecule has 0 aliphatic heterocycles. The molecule has 0 atom stereocenters. The number of anilines is 2. The van der Waals surface area contributed by atoms with Crippen molar-refractivity contribution in [1.82, 2.24) is 4.98 Å². The van der Waals surface area contributed by atoms with Gasteiger partial charge in [-0.25, -0.2) is 0 Å². The fourth-order valence-corrected chi connectivity index (χ4v) is 1.49. The van der Waals surface area contributed by atoms with Gasteiger partial charge in [0.25, 0.3) is 0 Å². The van der Waals surface area contributed by atoms with E-state index in [0.29, 0.717) is 18.2 Å². The molecule has 0 aliphatic carbocycles. The van der Waals surface area contributed by atoms with Crippen molar-refractivity contribution >= 4 is 11.5 Å². The molecule has 1 heterocycles. The maximum atomic E-state index is 5.87. The van der Waals surface area contributed by atoms with E-state index in [1.165, 1.54) is 0 Å². The standard InChI is InChI=1S/C14H25N3O/c1-6-10-18-13-11(15)8-9-12(16-13)17(5)14(3,4)7-2/h8-9H,6-7,10,15H2,1-5H3. The van der Waals surface area contributed by atoms with Gasteiger partial charge in [0.15, 0.2) is 0 Å². The number of hydrogen-bond donors (Lipinski definition) is 1. The fourth-order valence-electron chi connectivity index (χ4n) is 1.49. The summed E-state index contributed by atoms with van der Waals surface area (Å²) in [6.45, 7) is 9.26. The van der Waals surface area contributed by atoms with E-state index in [4.69, 9.17) is 10.5 Å². The summed E-state index contributed by atoms with van der Waals surface area (Å²) >= 11 is 0. The van der Waals surface area contributed by atoms with Gasteiger partial charge < -0.3 is 15.4 Å². The molecule has 0 amide bonds. The maximum Gasteiger partial charge on any atom is 0.239 e. The van der Waals surface area contributed by atoms with Crippen LogP contribution in [-0.2, 0) is 0 Å². The predicted octanol–water partition coefficient (Wildman–Crippen LogP) is 3.08. The summed E-state index contributed by atoms with van der Waals surface area (Å²) in [5, 5.41) is 0. The van der Waals surface area contributed by atoms with Crippen molar-refractivity contribution in [2.24, 2.45) is 0 Å². The average molecular weight is 251 g/mol. The van der Waals surface area contributed by atoms with E-state index in [2.05, 4.69) is 37.6 Å². The molecule has 1 aromatic heterocycles. The molecule has 4 nitrogen and oxygen atoms in total. The zero-order chi connectivity index (χ0) is 13.8. The van der Waals surface area contributed by atoms with Gasteiger partial charge in [-0.3, -0.25) is 0 Å². The monoisotopic (exact) mass is 251 g/mol. The van der Waals surface area contributed by atoms with Crippen molar-refractivity contribution in [3.8, 4) is 5.88 Å². The summed E-state index contributed by atoms with van der Waals surface area (Å²) in [4.78, 5) is 6.66. The third-order valence-corrected chi connectivity index (χ3v) is 3.43. The van der Waals surface area contributed by atoms with Gasteiger partial charge in [-0.1, -0.05) is 13.8 Å². The number of pyridine rings is 1. The molecule has 4 heteroatoms. The molecule has 0 spiro atoms. The van der Waals surface area contributed by atoms with Gasteiger partial charge >= 0.3 is 0 Å². The Bertz CT molecular complexity index is 391. The van der Waals surface area contributed by atoms with E-state index < -0.39 is 0 Å². The molecule has 0 unspecified atom stereocenters. The summed E-state index contributed by atoms with van der Waals surface area (Å²) in [5.74, 6) is 1.43. The lowest BCUT2D eigenvalue weighted by Gasteiger charge is -2.36.